The average Bonchev–Trinajstić information content (AvgIpc) is 2.74. The van der Waals surface area contributed by atoms with Crippen molar-refractivity contribution in [3.8, 4) is 0 Å². The number of amides is 2. The zero-order valence-corrected chi connectivity index (χ0v) is 16.0. The van der Waals surface area contributed by atoms with Crippen LogP contribution < -0.4 is 0 Å². The fourth-order valence-electron chi connectivity index (χ4n) is 3.35. The van der Waals surface area contributed by atoms with Gasteiger partial charge in [-0.25, -0.2) is 0 Å². The molecule has 3 rings (SSSR count). The Hall–Kier alpha value is -2.66. The number of carbonyl (C=O) groups is 2. The predicted octanol–water partition coefficient (Wildman–Crippen LogP) is 2.66. The van der Waals surface area contributed by atoms with Gasteiger partial charge in [-0.1, -0.05) is 48.5 Å². The van der Waals surface area contributed by atoms with Crippen LogP contribution >= 0.6 is 0 Å². The van der Waals surface area contributed by atoms with Crippen LogP contribution in [0.25, 0.3) is 0 Å². The van der Waals surface area contributed by atoms with Crippen LogP contribution in [0.5, 0.6) is 0 Å². The number of hydrogen-bond donors (Lipinski definition) is 0. The first-order chi connectivity index (χ1) is 13.1. The molecule has 0 aliphatic carbocycles. The molecule has 27 heavy (non-hydrogen) atoms. The Labute approximate surface area is 161 Å². The lowest BCUT2D eigenvalue weighted by atomic mass is 10.1. The van der Waals surface area contributed by atoms with Gasteiger partial charge in [-0.3, -0.25) is 14.5 Å². The van der Waals surface area contributed by atoms with Gasteiger partial charge in [0, 0.05) is 38.8 Å². The summed E-state index contributed by atoms with van der Waals surface area (Å²) < 4.78 is 0. The van der Waals surface area contributed by atoms with Crippen molar-refractivity contribution in [2.24, 2.45) is 0 Å². The third-order valence-electron chi connectivity index (χ3n) is 5.30. The first-order valence-electron chi connectivity index (χ1n) is 9.43. The second-order valence-corrected chi connectivity index (χ2v) is 7.03. The smallest absolute Gasteiger partial charge is 0.253 e. The van der Waals surface area contributed by atoms with Crippen LogP contribution in [0.2, 0.25) is 0 Å². The molecule has 0 spiro atoms. The van der Waals surface area contributed by atoms with E-state index in [-0.39, 0.29) is 17.9 Å². The van der Waals surface area contributed by atoms with Gasteiger partial charge < -0.3 is 9.80 Å². The SMILES string of the molecule is C[C@H](c1ccccc1)N(C)C(=O)CN1CCN(C(=O)c2ccccc2)CC1. The summed E-state index contributed by atoms with van der Waals surface area (Å²) in [5.74, 6) is 0.172. The Morgan fingerprint density at radius 2 is 1.48 bits per heavy atom. The molecule has 0 saturated carbocycles. The summed E-state index contributed by atoms with van der Waals surface area (Å²) >= 11 is 0. The molecule has 0 unspecified atom stereocenters. The van der Waals surface area contributed by atoms with Crippen molar-refractivity contribution in [3.63, 3.8) is 0 Å². The molecule has 1 aliphatic rings. The molecule has 1 fully saturated rings. The molecule has 1 saturated heterocycles. The van der Waals surface area contributed by atoms with E-state index in [1.807, 2.05) is 79.5 Å². The highest BCUT2D eigenvalue weighted by Crippen LogP contribution is 2.18. The van der Waals surface area contributed by atoms with Crippen LogP contribution in [-0.4, -0.2) is 66.3 Å². The number of hydrogen-bond acceptors (Lipinski definition) is 3. The summed E-state index contributed by atoms with van der Waals surface area (Å²) in [7, 11) is 1.86. The van der Waals surface area contributed by atoms with Gasteiger partial charge in [0.15, 0.2) is 0 Å². The van der Waals surface area contributed by atoms with E-state index in [9.17, 15) is 9.59 Å². The summed E-state index contributed by atoms with van der Waals surface area (Å²) in [6, 6.07) is 19.5. The van der Waals surface area contributed by atoms with E-state index < -0.39 is 0 Å². The minimum Gasteiger partial charge on any atom is -0.338 e. The third-order valence-corrected chi connectivity index (χ3v) is 5.30. The van der Waals surface area contributed by atoms with Gasteiger partial charge in [0.25, 0.3) is 5.91 Å². The van der Waals surface area contributed by atoms with Crippen LogP contribution in [0.1, 0.15) is 28.9 Å². The van der Waals surface area contributed by atoms with Gasteiger partial charge in [-0.05, 0) is 24.6 Å². The van der Waals surface area contributed by atoms with Crippen molar-refractivity contribution < 1.29 is 9.59 Å². The second kappa shape index (κ2) is 8.82. The molecular weight excluding hydrogens is 338 g/mol. The fourth-order valence-corrected chi connectivity index (χ4v) is 3.35. The molecular formula is C22H27N3O2. The van der Waals surface area contributed by atoms with E-state index in [1.165, 1.54) is 0 Å². The van der Waals surface area contributed by atoms with E-state index in [1.54, 1.807) is 4.90 Å². The monoisotopic (exact) mass is 365 g/mol. The number of likely N-dealkylation sites (N-methyl/N-ethyl adjacent to an activating group) is 1. The summed E-state index contributed by atoms with van der Waals surface area (Å²) in [6.45, 7) is 5.18. The molecule has 2 aromatic rings. The molecule has 142 valence electrons. The lowest BCUT2D eigenvalue weighted by Gasteiger charge is -2.35. The van der Waals surface area contributed by atoms with E-state index in [0.717, 1.165) is 24.2 Å². The van der Waals surface area contributed by atoms with Crippen molar-refractivity contribution in [1.29, 1.82) is 0 Å². The van der Waals surface area contributed by atoms with E-state index in [0.29, 0.717) is 19.6 Å². The number of carbonyl (C=O) groups excluding carboxylic acids is 2. The zero-order chi connectivity index (χ0) is 19.2. The highest BCUT2D eigenvalue weighted by atomic mass is 16.2. The van der Waals surface area contributed by atoms with Crippen molar-refractivity contribution in [2.75, 3.05) is 39.8 Å². The second-order valence-electron chi connectivity index (χ2n) is 7.03. The van der Waals surface area contributed by atoms with Gasteiger partial charge in [0.2, 0.25) is 5.91 Å². The molecule has 5 nitrogen and oxygen atoms in total. The molecule has 1 atom stereocenters. The maximum Gasteiger partial charge on any atom is 0.253 e. The molecule has 2 aromatic carbocycles. The molecule has 2 amide bonds. The number of nitrogens with zero attached hydrogens (tertiary/aromatic N) is 3. The van der Waals surface area contributed by atoms with Gasteiger partial charge in [0.05, 0.1) is 12.6 Å². The fraction of sp³-hybridized carbons (Fsp3) is 0.364. The predicted molar refractivity (Wildman–Crippen MR) is 106 cm³/mol. The summed E-state index contributed by atoms with van der Waals surface area (Å²) in [5, 5.41) is 0. The Morgan fingerprint density at radius 3 is 2.07 bits per heavy atom. The van der Waals surface area contributed by atoms with Crippen LogP contribution in [0, 0.1) is 0 Å². The highest BCUT2D eigenvalue weighted by molar-refractivity contribution is 5.94. The third kappa shape index (κ3) is 4.74. The van der Waals surface area contributed by atoms with Crippen LogP contribution in [0.3, 0.4) is 0 Å². The Morgan fingerprint density at radius 1 is 0.926 bits per heavy atom. The molecule has 0 bridgehead atoms. The summed E-state index contributed by atoms with van der Waals surface area (Å²) in [4.78, 5) is 31.0. The van der Waals surface area contributed by atoms with Crippen molar-refractivity contribution in [1.82, 2.24) is 14.7 Å². The zero-order valence-electron chi connectivity index (χ0n) is 16.0. The van der Waals surface area contributed by atoms with Crippen molar-refractivity contribution in [3.05, 3.63) is 71.8 Å². The molecule has 5 heteroatoms. The van der Waals surface area contributed by atoms with Gasteiger partial charge in [-0.15, -0.1) is 0 Å². The van der Waals surface area contributed by atoms with Gasteiger partial charge >= 0.3 is 0 Å². The minimum atomic E-state index is 0.0413. The van der Waals surface area contributed by atoms with Crippen LogP contribution in [-0.2, 0) is 4.79 Å². The standard InChI is InChI=1S/C22H27N3O2/c1-18(19-9-5-3-6-10-19)23(2)21(26)17-24-13-15-25(16-14-24)22(27)20-11-7-4-8-12-20/h3-12,18H,13-17H2,1-2H3/t18-/m1/s1. The van der Waals surface area contributed by atoms with Gasteiger partial charge in [0.1, 0.15) is 0 Å². The van der Waals surface area contributed by atoms with Crippen LogP contribution in [0.4, 0.5) is 0 Å². The maximum absolute atomic E-state index is 12.7. The highest BCUT2D eigenvalue weighted by Gasteiger charge is 2.25. The Balaban J connectivity index is 1.50. The van der Waals surface area contributed by atoms with E-state index >= 15 is 0 Å². The number of piperazine rings is 1. The lowest BCUT2D eigenvalue weighted by Crippen LogP contribution is -2.51. The normalized spacial score (nSPS) is 16.0. The molecule has 0 radical (unpaired) electrons. The largest absolute Gasteiger partial charge is 0.338 e. The van der Waals surface area contributed by atoms with Crippen LogP contribution in [0.15, 0.2) is 60.7 Å². The summed E-state index contributed by atoms with van der Waals surface area (Å²) in [5.41, 5.74) is 1.85. The molecule has 1 aliphatic heterocycles. The van der Waals surface area contributed by atoms with Gasteiger partial charge in [-0.2, -0.15) is 0 Å². The summed E-state index contributed by atoms with van der Waals surface area (Å²) in [6.07, 6.45) is 0. The number of benzene rings is 2. The first kappa shape index (κ1) is 19.1. The first-order valence-corrected chi connectivity index (χ1v) is 9.43. The lowest BCUT2D eigenvalue weighted by molar-refractivity contribution is -0.133. The maximum atomic E-state index is 12.7. The Kier molecular flexibility index (Phi) is 6.24. The van der Waals surface area contributed by atoms with E-state index in [4.69, 9.17) is 0 Å². The Bertz CT molecular complexity index is 756. The minimum absolute atomic E-state index is 0.0413. The number of rotatable bonds is 5. The molecule has 0 N–H and O–H groups in total. The molecule has 0 aromatic heterocycles. The van der Waals surface area contributed by atoms with Crippen molar-refractivity contribution >= 4 is 11.8 Å². The quantitative estimate of drug-likeness (QED) is 0.818. The van der Waals surface area contributed by atoms with E-state index in [2.05, 4.69) is 4.90 Å². The average molecular weight is 365 g/mol. The molecule has 1 heterocycles. The van der Waals surface area contributed by atoms with Crippen molar-refractivity contribution in [2.45, 2.75) is 13.0 Å². The topological polar surface area (TPSA) is 43.9 Å².